The summed E-state index contributed by atoms with van der Waals surface area (Å²) in [5, 5.41) is 21.9. The molecular formula is C16H20ClN3O3. The molecule has 0 bridgehead atoms. The molecule has 0 saturated carbocycles. The quantitative estimate of drug-likeness (QED) is 0.807. The van der Waals surface area contributed by atoms with Gasteiger partial charge in [-0.1, -0.05) is 17.7 Å². The van der Waals surface area contributed by atoms with E-state index in [-0.39, 0.29) is 5.88 Å². The predicted octanol–water partition coefficient (Wildman–Crippen LogP) is 2.28. The summed E-state index contributed by atoms with van der Waals surface area (Å²) >= 11 is 6.04. The van der Waals surface area contributed by atoms with Crippen molar-refractivity contribution < 1.29 is 14.6 Å². The molecule has 2 rings (SSSR count). The number of rotatable bonds is 7. The molecule has 0 aliphatic heterocycles. The highest BCUT2D eigenvalue weighted by Crippen LogP contribution is 2.24. The van der Waals surface area contributed by atoms with Gasteiger partial charge in [-0.15, -0.1) is 10.2 Å². The summed E-state index contributed by atoms with van der Waals surface area (Å²) in [6.45, 7) is 2.91. The molecule has 0 aliphatic carbocycles. The average molecular weight is 338 g/mol. The molecule has 7 heteroatoms. The smallest absolute Gasteiger partial charge is 0.239 e. The second kappa shape index (κ2) is 8.10. The molecule has 0 amide bonds. The van der Waals surface area contributed by atoms with Crippen LogP contribution in [0.1, 0.15) is 22.8 Å². The predicted molar refractivity (Wildman–Crippen MR) is 88.0 cm³/mol. The van der Waals surface area contributed by atoms with Gasteiger partial charge in [-0.3, -0.25) is 0 Å². The Morgan fingerprint density at radius 2 is 1.96 bits per heavy atom. The molecule has 1 aromatic heterocycles. The van der Waals surface area contributed by atoms with Crippen LogP contribution in [0.4, 0.5) is 0 Å². The largest absolute Gasteiger partial charge is 0.480 e. The number of aliphatic hydroxyl groups excluding tert-OH is 1. The van der Waals surface area contributed by atoms with Crippen LogP contribution in [-0.2, 0) is 6.54 Å². The molecule has 6 nitrogen and oxygen atoms in total. The SMILES string of the molecule is COc1cc(C(O)CNCc2cc(C)cc(Cl)c2)c(OC)nn1. The Morgan fingerprint density at radius 1 is 1.17 bits per heavy atom. The molecule has 1 aromatic carbocycles. The number of aromatic nitrogens is 2. The fourth-order valence-electron chi connectivity index (χ4n) is 2.25. The molecule has 124 valence electrons. The van der Waals surface area contributed by atoms with Crippen molar-refractivity contribution >= 4 is 11.6 Å². The van der Waals surface area contributed by atoms with Crippen molar-refractivity contribution in [2.75, 3.05) is 20.8 Å². The minimum Gasteiger partial charge on any atom is -0.480 e. The van der Waals surface area contributed by atoms with E-state index in [0.717, 1.165) is 11.1 Å². The third-order valence-corrected chi connectivity index (χ3v) is 3.51. The number of benzene rings is 1. The van der Waals surface area contributed by atoms with Gasteiger partial charge in [0.05, 0.1) is 25.9 Å². The first-order valence-electron chi connectivity index (χ1n) is 7.14. The first kappa shape index (κ1) is 17.5. The van der Waals surface area contributed by atoms with Crippen LogP contribution in [0.5, 0.6) is 11.8 Å². The molecule has 2 aromatic rings. The number of halogens is 1. The fourth-order valence-corrected chi connectivity index (χ4v) is 2.56. The van der Waals surface area contributed by atoms with Gasteiger partial charge in [0.25, 0.3) is 0 Å². The highest BCUT2D eigenvalue weighted by Gasteiger charge is 2.16. The number of aryl methyl sites for hydroxylation is 1. The Bertz CT molecular complexity index is 647. The maximum atomic E-state index is 10.3. The average Bonchev–Trinajstić information content (AvgIpc) is 2.53. The minimum absolute atomic E-state index is 0.277. The zero-order chi connectivity index (χ0) is 16.8. The number of nitrogens with zero attached hydrogens (tertiary/aromatic N) is 2. The highest BCUT2D eigenvalue weighted by atomic mass is 35.5. The maximum absolute atomic E-state index is 10.3. The lowest BCUT2D eigenvalue weighted by Gasteiger charge is -2.15. The Kier molecular flexibility index (Phi) is 6.15. The third kappa shape index (κ3) is 4.79. The van der Waals surface area contributed by atoms with Crippen molar-refractivity contribution in [3.05, 3.63) is 46.0 Å². The van der Waals surface area contributed by atoms with Gasteiger partial charge in [0.1, 0.15) is 0 Å². The van der Waals surface area contributed by atoms with Gasteiger partial charge >= 0.3 is 0 Å². The molecule has 1 atom stereocenters. The van der Waals surface area contributed by atoms with E-state index in [9.17, 15) is 5.11 Å². The topological polar surface area (TPSA) is 76.5 Å². The van der Waals surface area contributed by atoms with Crippen molar-refractivity contribution in [3.63, 3.8) is 0 Å². The lowest BCUT2D eigenvalue weighted by Crippen LogP contribution is -2.22. The number of aliphatic hydroxyl groups is 1. The van der Waals surface area contributed by atoms with E-state index in [2.05, 4.69) is 15.5 Å². The van der Waals surface area contributed by atoms with E-state index in [4.69, 9.17) is 21.1 Å². The molecular weight excluding hydrogens is 318 g/mol. The van der Waals surface area contributed by atoms with Crippen molar-refractivity contribution in [1.82, 2.24) is 15.5 Å². The standard InChI is InChI=1S/C16H20ClN3O3/c1-10-4-11(6-12(17)5-10)8-18-9-14(21)13-7-15(22-2)19-20-16(13)23-3/h4-7,14,18,21H,8-9H2,1-3H3. The summed E-state index contributed by atoms with van der Waals surface area (Å²) in [6, 6.07) is 7.45. The molecule has 0 saturated heterocycles. The molecule has 0 aliphatic rings. The van der Waals surface area contributed by atoms with Crippen LogP contribution in [0.3, 0.4) is 0 Å². The van der Waals surface area contributed by atoms with Gasteiger partial charge in [-0.25, -0.2) is 0 Å². The van der Waals surface area contributed by atoms with Crippen molar-refractivity contribution in [1.29, 1.82) is 0 Å². The van der Waals surface area contributed by atoms with Gasteiger partial charge < -0.3 is 19.9 Å². The molecule has 2 N–H and O–H groups in total. The molecule has 1 unspecified atom stereocenters. The van der Waals surface area contributed by atoms with Crippen molar-refractivity contribution in [2.24, 2.45) is 0 Å². The Morgan fingerprint density at radius 3 is 2.61 bits per heavy atom. The third-order valence-electron chi connectivity index (χ3n) is 3.30. The summed E-state index contributed by atoms with van der Waals surface area (Å²) < 4.78 is 10.2. The number of nitrogens with one attached hydrogen (secondary N) is 1. The van der Waals surface area contributed by atoms with Gasteiger partial charge in [0, 0.05) is 24.2 Å². The highest BCUT2D eigenvalue weighted by molar-refractivity contribution is 6.30. The molecule has 0 fully saturated rings. The zero-order valence-corrected chi connectivity index (χ0v) is 14.1. The molecule has 23 heavy (non-hydrogen) atoms. The van der Waals surface area contributed by atoms with E-state index >= 15 is 0 Å². The summed E-state index contributed by atoms with van der Waals surface area (Å²) in [5.74, 6) is 0.601. The first-order valence-corrected chi connectivity index (χ1v) is 7.51. The summed E-state index contributed by atoms with van der Waals surface area (Å²) in [6.07, 6.45) is -0.797. The summed E-state index contributed by atoms with van der Waals surface area (Å²) in [4.78, 5) is 0. The molecule has 0 radical (unpaired) electrons. The number of hydrogen-bond acceptors (Lipinski definition) is 6. The van der Waals surface area contributed by atoms with E-state index in [1.807, 2.05) is 25.1 Å². The number of methoxy groups -OCH3 is 2. The van der Waals surface area contributed by atoms with E-state index in [1.54, 1.807) is 6.07 Å². The Labute approximate surface area is 140 Å². The fraction of sp³-hybridized carbons (Fsp3) is 0.375. The maximum Gasteiger partial charge on any atom is 0.239 e. The summed E-state index contributed by atoms with van der Waals surface area (Å²) in [5.41, 5.74) is 2.67. The lowest BCUT2D eigenvalue weighted by atomic mass is 10.1. The van der Waals surface area contributed by atoms with Gasteiger partial charge in [-0.2, -0.15) is 0 Å². The Balaban J connectivity index is 2.00. The van der Waals surface area contributed by atoms with Crippen LogP contribution in [-0.4, -0.2) is 36.1 Å². The van der Waals surface area contributed by atoms with Gasteiger partial charge in [0.15, 0.2) is 0 Å². The second-order valence-corrected chi connectivity index (χ2v) is 5.57. The van der Waals surface area contributed by atoms with Crippen LogP contribution in [0.2, 0.25) is 5.02 Å². The van der Waals surface area contributed by atoms with Crippen LogP contribution in [0, 0.1) is 6.92 Å². The number of ether oxygens (including phenoxy) is 2. The second-order valence-electron chi connectivity index (χ2n) is 5.13. The van der Waals surface area contributed by atoms with E-state index < -0.39 is 6.10 Å². The van der Waals surface area contributed by atoms with Gasteiger partial charge in [0.2, 0.25) is 11.8 Å². The molecule has 1 heterocycles. The molecule has 0 spiro atoms. The van der Waals surface area contributed by atoms with Crippen molar-refractivity contribution in [3.8, 4) is 11.8 Å². The van der Waals surface area contributed by atoms with E-state index in [1.165, 1.54) is 14.2 Å². The van der Waals surface area contributed by atoms with Crippen LogP contribution >= 0.6 is 11.6 Å². The summed E-state index contributed by atoms with van der Waals surface area (Å²) in [7, 11) is 2.97. The number of hydrogen-bond donors (Lipinski definition) is 2. The van der Waals surface area contributed by atoms with Crippen LogP contribution < -0.4 is 14.8 Å². The van der Waals surface area contributed by atoms with Crippen LogP contribution in [0.25, 0.3) is 0 Å². The zero-order valence-electron chi connectivity index (χ0n) is 13.3. The van der Waals surface area contributed by atoms with Gasteiger partial charge in [-0.05, 0) is 30.2 Å². The monoisotopic (exact) mass is 337 g/mol. The minimum atomic E-state index is -0.797. The lowest BCUT2D eigenvalue weighted by molar-refractivity contribution is 0.168. The van der Waals surface area contributed by atoms with Crippen LogP contribution in [0.15, 0.2) is 24.3 Å². The first-order chi connectivity index (χ1) is 11.0. The normalized spacial score (nSPS) is 12.0. The van der Waals surface area contributed by atoms with Crippen molar-refractivity contribution in [2.45, 2.75) is 19.6 Å². The van der Waals surface area contributed by atoms with E-state index in [0.29, 0.717) is 29.6 Å². The Hall–Kier alpha value is -1.89.